The van der Waals surface area contributed by atoms with Crippen molar-refractivity contribution in [3.05, 3.63) is 23.8 Å². The number of methoxy groups -OCH3 is 1. The van der Waals surface area contributed by atoms with Crippen molar-refractivity contribution in [2.45, 2.75) is 43.5 Å². The van der Waals surface area contributed by atoms with Gasteiger partial charge in [-0.25, -0.2) is 8.42 Å². The average Bonchev–Trinajstić information content (AvgIpc) is 2.49. The first-order chi connectivity index (χ1) is 9.91. The van der Waals surface area contributed by atoms with Crippen LogP contribution in [0.2, 0.25) is 0 Å². The standard InChI is InChI=1S/C15H22ClNO3S/c1-11-5-4-8-17(12(11)2)21(18,19)14-6-7-15(20-3)13(9-14)10-16/h6-7,9,11-12H,4-5,8,10H2,1-3H3. The van der Waals surface area contributed by atoms with Crippen LogP contribution in [0.4, 0.5) is 0 Å². The molecule has 0 N–H and O–H groups in total. The summed E-state index contributed by atoms with van der Waals surface area (Å²) in [6, 6.07) is 4.90. The van der Waals surface area contributed by atoms with E-state index in [-0.39, 0.29) is 11.9 Å². The molecular weight excluding hydrogens is 310 g/mol. The third-order valence-corrected chi connectivity index (χ3v) is 6.59. The van der Waals surface area contributed by atoms with Gasteiger partial charge in [-0.1, -0.05) is 6.92 Å². The molecule has 1 fully saturated rings. The van der Waals surface area contributed by atoms with Gasteiger partial charge in [-0.2, -0.15) is 4.31 Å². The number of sulfonamides is 1. The number of piperidine rings is 1. The molecule has 1 aromatic rings. The molecule has 6 heteroatoms. The SMILES string of the molecule is COc1ccc(S(=O)(=O)N2CCCC(C)C2C)cc1CCl. The predicted octanol–water partition coefficient (Wildman–Crippen LogP) is 3.24. The molecule has 1 heterocycles. The van der Waals surface area contributed by atoms with E-state index in [0.717, 1.165) is 12.8 Å². The lowest BCUT2D eigenvalue weighted by atomic mass is 9.94. The summed E-state index contributed by atoms with van der Waals surface area (Å²) in [5, 5.41) is 0. The van der Waals surface area contributed by atoms with Crippen molar-refractivity contribution in [1.82, 2.24) is 4.31 Å². The van der Waals surface area contributed by atoms with Gasteiger partial charge in [0.25, 0.3) is 0 Å². The number of alkyl halides is 1. The van der Waals surface area contributed by atoms with E-state index in [1.807, 2.05) is 6.92 Å². The maximum absolute atomic E-state index is 12.9. The van der Waals surface area contributed by atoms with Crippen LogP contribution in [-0.2, 0) is 15.9 Å². The molecule has 2 rings (SSSR count). The zero-order valence-electron chi connectivity index (χ0n) is 12.7. The monoisotopic (exact) mass is 331 g/mol. The van der Waals surface area contributed by atoms with Gasteiger partial charge < -0.3 is 4.74 Å². The molecule has 1 aromatic carbocycles. The summed E-state index contributed by atoms with van der Waals surface area (Å²) in [5.41, 5.74) is 0.693. The van der Waals surface area contributed by atoms with Crippen LogP contribution in [0.5, 0.6) is 5.75 Å². The zero-order chi connectivity index (χ0) is 15.6. The van der Waals surface area contributed by atoms with Gasteiger partial charge in [-0.05, 0) is 43.9 Å². The Morgan fingerprint density at radius 2 is 2.10 bits per heavy atom. The summed E-state index contributed by atoms with van der Waals surface area (Å²) in [6.07, 6.45) is 1.98. The molecule has 21 heavy (non-hydrogen) atoms. The van der Waals surface area contributed by atoms with Crippen LogP contribution in [0.15, 0.2) is 23.1 Å². The zero-order valence-corrected chi connectivity index (χ0v) is 14.2. The summed E-state index contributed by atoms with van der Waals surface area (Å²) in [5.74, 6) is 1.21. The quantitative estimate of drug-likeness (QED) is 0.796. The first kappa shape index (κ1) is 16.6. The van der Waals surface area contributed by atoms with Crippen molar-refractivity contribution in [3.63, 3.8) is 0 Å². The highest BCUT2D eigenvalue weighted by Gasteiger charge is 2.34. The van der Waals surface area contributed by atoms with Gasteiger partial charge in [0.05, 0.1) is 17.9 Å². The molecule has 0 bridgehead atoms. The molecule has 0 aromatic heterocycles. The fraction of sp³-hybridized carbons (Fsp3) is 0.600. The van der Waals surface area contributed by atoms with E-state index >= 15 is 0 Å². The molecule has 0 saturated carbocycles. The fourth-order valence-corrected chi connectivity index (χ4v) is 4.82. The number of hydrogen-bond donors (Lipinski definition) is 0. The molecular formula is C15H22ClNO3S. The first-order valence-electron chi connectivity index (χ1n) is 7.16. The van der Waals surface area contributed by atoms with E-state index in [9.17, 15) is 8.42 Å². The van der Waals surface area contributed by atoms with Crippen LogP contribution in [0.25, 0.3) is 0 Å². The molecule has 4 nitrogen and oxygen atoms in total. The van der Waals surface area contributed by atoms with Crippen molar-refractivity contribution in [2.75, 3.05) is 13.7 Å². The molecule has 1 saturated heterocycles. The smallest absolute Gasteiger partial charge is 0.243 e. The van der Waals surface area contributed by atoms with Crippen molar-refractivity contribution in [3.8, 4) is 5.75 Å². The Bertz CT molecular complexity index is 603. The van der Waals surface area contributed by atoms with Crippen LogP contribution >= 0.6 is 11.6 Å². The fourth-order valence-electron chi connectivity index (χ4n) is 2.79. The molecule has 0 radical (unpaired) electrons. The number of nitrogens with zero attached hydrogens (tertiary/aromatic N) is 1. The minimum atomic E-state index is -3.48. The van der Waals surface area contributed by atoms with Crippen LogP contribution in [0, 0.1) is 5.92 Å². The van der Waals surface area contributed by atoms with Crippen molar-refractivity contribution in [1.29, 1.82) is 0 Å². The summed E-state index contributed by atoms with van der Waals surface area (Å²) < 4.78 is 32.5. The second kappa shape index (κ2) is 6.55. The van der Waals surface area contributed by atoms with Crippen LogP contribution in [0.1, 0.15) is 32.3 Å². The van der Waals surface area contributed by atoms with Crippen LogP contribution < -0.4 is 4.74 Å². The number of halogens is 1. The minimum Gasteiger partial charge on any atom is -0.496 e. The van der Waals surface area contributed by atoms with Gasteiger partial charge >= 0.3 is 0 Å². The molecule has 118 valence electrons. The Kier molecular flexibility index (Phi) is 5.17. The van der Waals surface area contributed by atoms with E-state index < -0.39 is 10.0 Å². The van der Waals surface area contributed by atoms with Gasteiger partial charge in [0.2, 0.25) is 10.0 Å². The van der Waals surface area contributed by atoms with Crippen LogP contribution in [0.3, 0.4) is 0 Å². The van der Waals surface area contributed by atoms with E-state index in [0.29, 0.717) is 28.7 Å². The second-order valence-corrected chi connectivity index (χ2v) is 7.74. The summed E-state index contributed by atoms with van der Waals surface area (Å²) in [6.45, 7) is 4.66. The Balaban J connectivity index is 2.39. The molecule has 1 aliphatic heterocycles. The molecule has 2 atom stereocenters. The van der Waals surface area contributed by atoms with Gasteiger partial charge in [0, 0.05) is 18.2 Å². The number of rotatable bonds is 4. The topological polar surface area (TPSA) is 46.6 Å². The molecule has 2 unspecified atom stereocenters. The number of ether oxygens (including phenoxy) is 1. The molecule has 0 amide bonds. The lowest BCUT2D eigenvalue weighted by Gasteiger charge is -2.36. The largest absolute Gasteiger partial charge is 0.496 e. The molecule has 1 aliphatic rings. The third kappa shape index (κ3) is 3.20. The number of hydrogen-bond acceptors (Lipinski definition) is 3. The van der Waals surface area contributed by atoms with E-state index in [1.165, 1.54) is 0 Å². The Labute approximate surface area is 132 Å². The van der Waals surface area contributed by atoms with Gasteiger partial charge in [-0.3, -0.25) is 0 Å². The van der Waals surface area contributed by atoms with Crippen LogP contribution in [-0.4, -0.2) is 32.4 Å². The first-order valence-corrected chi connectivity index (χ1v) is 9.14. The predicted molar refractivity (Wildman–Crippen MR) is 84.3 cm³/mol. The van der Waals surface area contributed by atoms with Gasteiger partial charge in [-0.15, -0.1) is 11.6 Å². The van der Waals surface area contributed by atoms with Gasteiger partial charge in [0.1, 0.15) is 5.75 Å². The summed E-state index contributed by atoms with van der Waals surface area (Å²) >= 11 is 5.88. The molecule has 0 spiro atoms. The summed E-state index contributed by atoms with van der Waals surface area (Å²) in [4.78, 5) is 0.292. The second-order valence-electron chi connectivity index (χ2n) is 5.58. The Morgan fingerprint density at radius 1 is 1.38 bits per heavy atom. The number of benzene rings is 1. The van der Waals surface area contributed by atoms with E-state index in [4.69, 9.17) is 16.3 Å². The lowest BCUT2D eigenvalue weighted by Crippen LogP contribution is -2.45. The highest BCUT2D eigenvalue weighted by molar-refractivity contribution is 7.89. The maximum atomic E-state index is 12.9. The minimum absolute atomic E-state index is 0.0188. The lowest BCUT2D eigenvalue weighted by molar-refractivity contribution is 0.202. The normalized spacial score (nSPS) is 24.0. The molecule has 0 aliphatic carbocycles. The van der Waals surface area contributed by atoms with E-state index in [1.54, 1.807) is 29.6 Å². The van der Waals surface area contributed by atoms with Gasteiger partial charge in [0.15, 0.2) is 0 Å². The summed E-state index contributed by atoms with van der Waals surface area (Å²) in [7, 11) is -1.93. The van der Waals surface area contributed by atoms with E-state index in [2.05, 4.69) is 6.92 Å². The van der Waals surface area contributed by atoms with Crippen molar-refractivity contribution >= 4 is 21.6 Å². The highest BCUT2D eigenvalue weighted by Crippen LogP contribution is 2.31. The van der Waals surface area contributed by atoms with Crippen molar-refractivity contribution < 1.29 is 13.2 Å². The Morgan fingerprint density at radius 3 is 2.71 bits per heavy atom. The average molecular weight is 332 g/mol. The Hall–Kier alpha value is -0.780. The third-order valence-electron chi connectivity index (χ3n) is 4.32. The van der Waals surface area contributed by atoms with Crippen molar-refractivity contribution in [2.24, 2.45) is 5.92 Å². The maximum Gasteiger partial charge on any atom is 0.243 e. The highest BCUT2D eigenvalue weighted by atomic mass is 35.5.